The van der Waals surface area contributed by atoms with Crippen LogP contribution in [0.25, 0.3) is 0 Å². The average molecular weight is 446 g/mol. The van der Waals surface area contributed by atoms with Crippen LogP contribution in [0.5, 0.6) is 0 Å². The number of nitrogens with zero attached hydrogens (tertiary/aromatic N) is 2. The molecule has 0 radical (unpaired) electrons. The van der Waals surface area contributed by atoms with Crippen molar-refractivity contribution in [3.63, 3.8) is 0 Å². The zero-order valence-electron chi connectivity index (χ0n) is 18.6. The van der Waals surface area contributed by atoms with E-state index in [4.69, 9.17) is 0 Å². The molecular formula is C25H27N5O3. The molecule has 1 fully saturated rings. The Kier molecular flexibility index (Phi) is 6.65. The van der Waals surface area contributed by atoms with Gasteiger partial charge in [0.05, 0.1) is 0 Å². The Balaban J connectivity index is 1.32. The minimum absolute atomic E-state index is 0.166. The number of anilines is 1. The first-order valence-electron chi connectivity index (χ1n) is 11.0. The molecule has 0 spiro atoms. The van der Waals surface area contributed by atoms with Crippen LogP contribution >= 0.6 is 0 Å². The lowest BCUT2D eigenvalue weighted by Crippen LogP contribution is -2.52. The average Bonchev–Trinajstić information content (AvgIpc) is 3.06. The Morgan fingerprint density at radius 2 is 2.03 bits per heavy atom. The predicted octanol–water partition coefficient (Wildman–Crippen LogP) is 2.18. The summed E-state index contributed by atoms with van der Waals surface area (Å²) in [7, 11) is 0. The Bertz CT molecular complexity index is 1120. The predicted molar refractivity (Wildman–Crippen MR) is 125 cm³/mol. The van der Waals surface area contributed by atoms with Gasteiger partial charge in [-0.1, -0.05) is 24.8 Å². The van der Waals surface area contributed by atoms with Gasteiger partial charge in [-0.3, -0.25) is 24.3 Å². The number of nitrogens with one attached hydrogen (secondary N) is 3. The summed E-state index contributed by atoms with van der Waals surface area (Å²) in [5, 5.41) is 9.07. The maximum Gasteiger partial charge on any atom is 0.278 e. The van der Waals surface area contributed by atoms with E-state index in [2.05, 4.69) is 33.6 Å². The van der Waals surface area contributed by atoms with Crippen molar-refractivity contribution in [2.24, 2.45) is 0 Å². The van der Waals surface area contributed by atoms with Crippen molar-refractivity contribution in [3.05, 3.63) is 83.5 Å². The zero-order valence-corrected chi connectivity index (χ0v) is 18.6. The summed E-state index contributed by atoms with van der Waals surface area (Å²) in [5.74, 6) is -1.36. The number of piperidine rings is 1. The summed E-state index contributed by atoms with van der Waals surface area (Å²) in [4.78, 5) is 42.9. The number of amides is 3. The lowest BCUT2D eigenvalue weighted by Gasteiger charge is -2.29. The molecule has 8 heteroatoms. The molecule has 33 heavy (non-hydrogen) atoms. The molecular weight excluding hydrogens is 418 g/mol. The lowest BCUT2D eigenvalue weighted by atomic mass is 10.0. The van der Waals surface area contributed by atoms with E-state index in [0.29, 0.717) is 24.2 Å². The first-order valence-corrected chi connectivity index (χ1v) is 11.0. The number of hydrogen-bond acceptors (Lipinski definition) is 6. The van der Waals surface area contributed by atoms with Gasteiger partial charge in [0.2, 0.25) is 5.91 Å². The normalized spacial score (nSPS) is 18.4. The van der Waals surface area contributed by atoms with Crippen molar-refractivity contribution < 1.29 is 14.4 Å². The smallest absolute Gasteiger partial charge is 0.278 e. The fourth-order valence-corrected chi connectivity index (χ4v) is 3.91. The molecule has 3 heterocycles. The van der Waals surface area contributed by atoms with Crippen LogP contribution in [-0.4, -0.2) is 40.2 Å². The number of hydrogen-bond donors (Lipinski definition) is 3. The molecule has 3 amide bonds. The highest BCUT2D eigenvalue weighted by atomic mass is 16.2. The second-order valence-electron chi connectivity index (χ2n) is 8.28. The summed E-state index contributed by atoms with van der Waals surface area (Å²) in [5.41, 5.74) is 4.70. The SMILES string of the molecule is C=C1CCC(N2C(=O)C=C(Nc3cccc(CCNCc4ccc(C)nc4)c3)C2=O)C(=O)N1. The molecule has 0 saturated carbocycles. The maximum atomic E-state index is 12.9. The summed E-state index contributed by atoms with van der Waals surface area (Å²) < 4.78 is 0. The van der Waals surface area contributed by atoms with E-state index < -0.39 is 17.9 Å². The van der Waals surface area contributed by atoms with Crippen molar-refractivity contribution >= 4 is 23.4 Å². The zero-order chi connectivity index (χ0) is 23.4. The third-order valence-electron chi connectivity index (χ3n) is 5.69. The summed E-state index contributed by atoms with van der Waals surface area (Å²) in [6.07, 6.45) is 4.84. The van der Waals surface area contributed by atoms with E-state index in [1.807, 2.05) is 43.5 Å². The van der Waals surface area contributed by atoms with Gasteiger partial charge in [-0.05, 0) is 62.1 Å². The molecule has 2 aliphatic rings. The highest BCUT2D eigenvalue weighted by Gasteiger charge is 2.41. The van der Waals surface area contributed by atoms with Crippen LogP contribution in [0.2, 0.25) is 0 Å². The molecule has 1 aromatic carbocycles. The van der Waals surface area contributed by atoms with E-state index in [1.165, 1.54) is 6.08 Å². The highest BCUT2D eigenvalue weighted by molar-refractivity contribution is 6.19. The van der Waals surface area contributed by atoms with Crippen molar-refractivity contribution in [2.45, 2.75) is 38.8 Å². The van der Waals surface area contributed by atoms with Gasteiger partial charge in [-0.25, -0.2) is 0 Å². The first-order chi connectivity index (χ1) is 15.9. The van der Waals surface area contributed by atoms with Crippen LogP contribution < -0.4 is 16.0 Å². The fourth-order valence-electron chi connectivity index (χ4n) is 3.91. The molecule has 170 valence electrons. The van der Waals surface area contributed by atoms with E-state index in [-0.39, 0.29) is 11.6 Å². The standard InChI is InChI=1S/C25H27N5O3/c1-16-6-8-19(15-27-16)14-26-11-10-18-4-3-5-20(12-18)29-21-13-23(31)30(25(21)33)22-9-7-17(2)28-24(22)32/h3-6,8,12-13,15,22,26,29H,2,7,9-11,14H2,1H3,(H,28,32). The van der Waals surface area contributed by atoms with Crippen molar-refractivity contribution in [1.29, 1.82) is 0 Å². The molecule has 1 unspecified atom stereocenters. The Labute approximate surface area is 192 Å². The number of aryl methyl sites for hydroxylation is 1. The second kappa shape index (κ2) is 9.79. The molecule has 0 bridgehead atoms. The van der Waals surface area contributed by atoms with Crippen LogP contribution in [0.4, 0.5) is 5.69 Å². The van der Waals surface area contributed by atoms with Gasteiger partial charge in [0.1, 0.15) is 11.7 Å². The van der Waals surface area contributed by atoms with Crippen molar-refractivity contribution in [3.8, 4) is 0 Å². The number of allylic oxidation sites excluding steroid dienone is 1. The number of aromatic nitrogens is 1. The topological polar surface area (TPSA) is 103 Å². The lowest BCUT2D eigenvalue weighted by molar-refractivity contribution is -0.146. The minimum Gasteiger partial charge on any atom is -0.351 e. The largest absolute Gasteiger partial charge is 0.351 e. The van der Waals surface area contributed by atoms with Gasteiger partial charge in [0.25, 0.3) is 11.8 Å². The van der Waals surface area contributed by atoms with Crippen molar-refractivity contribution in [2.75, 3.05) is 11.9 Å². The molecule has 1 atom stereocenters. The van der Waals surface area contributed by atoms with E-state index >= 15 is 0 Å². The number of pyridine rings is 1. The molecule has 3 N–H and O–H groups in total. The summed E-state index contributed by atoms with van der Waals surface area (Å²) in [6, 6.07) is 11.0. The first kappa shape index (κ1) is 22.4. The third kappa shape index (κ3) is 5.35. The number of carbonyl (C=O) groups excluding carboxylic acids is 3. The van der Waals surface area contributed by atoms with Crippen LogP contribution in [0.15, 0.2) is 66.6 Å². The molecule has 1 aromatic heterocycles. The molecule has 2 aromatic rings. The van der Waals surface area contributed by atoms with Gasteiger partial charge in [0, 0.05) is 35.9 Å². The summed E-state index contributed by atoms with van der Waals surface area (Å²) in [6.45, 7) is 7.23. The summed E-state index contributed by atoms with van der Waals surface area (Å²) >= 11 is 0. The van der Waals surface area contributed by atoms with E-state index in [0.717, 1.165) is 41.2 Å². The molecule has 8 nitrogen and oxygen atoms in total. The van der Waals surface area contributed by atoms with Crippen LogP contribution in [0, 0.1) is 6.92 Å². The quantitative estimate of drug-likeness (QED) is 0.425. The molecule has 0 aliphatic carbocycles. The van der Waals surface area contributed by atoms with E-state index in [1.54, 1.807) is 0 Å². The fraction of sp³-hybridized carbons (Fsp3) is 0.280. The van der Waals surface area contributed by atoms with Crippen LogP contribution in [0.3, 0.4) is 0 Å². The van der Waals surface area contributed by atoms with Crippen LogP contribution in [0.1, 0.15) is 29.7 Å². The molecule has 4 rings (SSSR count). The second-order valence-corrected chi connectivity index (χ2v) is 8.28. The Morgan fingerprint density at radius 3 is 2.79 bits per heavy atom. The number of benzene rings is 1. The Morgan fingerprint density at radius 1 is 1.18 bits per heavy atom. The number of imide groups is 1. The highest BCUT2D eigenvalue weighted by Crippen LogP contribution is 2.24. The van der Waals surface area contributed by atoms with Gasteiger partial charge in [-0.15, -0.1) is 0 Å². The minimum atomic E-state index is -0.813. The number of rotatable bonds is 8. The third-order valence-corrected chi connectivity index (χ3v) is 5.69. The van der Waals surface area contributed by atoms with Crippen molar-refractivity contribution in [1.82, 2.24) is 20.5 Å². The van der Waals surface area contributed by atoms with Gasteiger partial charge in [0.15, 0.2) is 0 Å². The van der Waals surface area contributed by atoms with Gasteiger partial charge < -0.3 is 16.0 Å². The monoisotopic (exact) mass is 445 g/mol. The molecule has 2 aliphatic heterocycles. The Hall–Kier alpha value is -3.78. The maximum absolute atomic E-state index is 12.9. The van der Waals surface area contributed by atoms with E-state index in [9.17, 15) is 14.4 Å². The number of carbonyl (C=O) groups is 3. The van der Waals surface area contributed by atoms with Gasteiger partial charge in [-0.2, -0.15) is 0 Å². The molecule has 1 saturated heterocycles. The van der Waals surface area contributed by atoms with Gasteiger partial charge >= 0.3 is 0 Å². The van der Waals surface area contributed by atoms with Crippen LogP contribution in [-0.2, 0) is 27.3 Å².